The summed E-state index contributed by atoms with van der Waals surface area (Å²) in [5.41, 5.74) is 1.41. The third-order valence-corrected chi connectivity index (χ3v) is 3.46. The lowest BCUT2D eigenvalue weighted by Crippen LogP contribution is -2.16. The Morgan fingerprint density at radius 3 is 2.40 bits per heavy atom. The molecule has 1 unspecified atom stereocenters. The van der Waals surface area contributed by atoms with Gasteiger partial charge in [0.25, 0.3) is 0 Å². The molecule has 0 fully saturated rings. The van der Waals surface area contributed by atoms with Gasteiger partial charge >= 0.3 is 0 Å². The van der Waals surface area contributed by atoms with E-state index in [1.54, 1.807) is 11.8 Å². The van der Waals surface area contributed by atoms with Crippen molar-refractivity contribution in [2.24, 2.45) is 0 Å². The van der Waals surface area contributed by atoms with E-state index in [2.05, 4.69) is 42.8 Å². The summed E-state index contributed by atoms with van der Waals surface area (Å²) in [6, 6.07) is 9.40. The lowest BCUT2D eigenvalue weighted by atomic mass is 10.0. The minimum atomic E-state index is 0.515. The van der Waals surface area contributed by atoms with Crippen molar-refractivity contribution in [3.63, 3.8) is 0 Å². The van der Waals surface area contributed by atoms with Gasteiger partial charge in [-0.15, -0.1) is 11.8 Å². The zero-order valence-electron chi connectivity index (χ0n) is 9.92. The lowest BCUT2D eigenvalue weighted by Gasteiger charge is -2.16. The van der Waals surface area contributed by atoms with Gasteiger partial charge in [-0.3, -0.25) is 0 Å². The molecule has 0 bridgehead atoms. The molecule has 0 aliphatic heterocycles. The van der Waals surface area contributed by atoms with E-state index in [0.717, 1.165) is 0 Å². The number of benzene rings is 1. The second kappa shape index (κ2) is 6.91. The van der Waals surface area contributed by atoms with Crippen LogP contribution in [0.25, 0.3) is 0 Å². The molecule has 0 saturated carbocycles. The van der Waals surface area contributed by atoms with Gasteiger partial charge in [0.05, 0.1) is 0 Å². The third-order valence-electron chi connectivity index (χ3n) is 2.71. The van der Waals surface area contributed by atoms with Crippen molar-refractivity contribution in [3.05, 3.63) is 29.8 Å². The predicted octanol–water partition coefficient (Wildman–Crippen LogP) is 3.86. The monoisotopic (exact) mass is 223 g/mol. The molecule has 1 aromatic rings. The van der Waals surface area contributed by atoms with Crippen LogP contribution in [0.2, 0.25) is 0 Å². The highest BCUT2D eigenvalue weighted by Crippen LogP contribution is 2.22. The zero-order valence-corrected chi connectivity index (χ0v) is 10.7. The lowest BCUT2D eigenvalue weighted by molar-refractivity contribution is 0.522. The summed E-state index contributed by atoms with van der Waals surface area (Å²) in [6.07, 6.45) is 5.89. The molecule has 1 nitrogen and oxygen atoms in total. The van der Waals surface area contributed by atoms with Crippen LogP contribution >= 0.6 is 11.8 Å². The second-order valence-corrected chi connectivity index (χ2v) is 4.64. The first-order chi connectivity index (χ1) is 7.31. The summed E-state index contributed by atoms with van der Waals surface area (Å²) in [6.45, 7) is 2.24. The van der Waals surface area contributed by atoms with Gasteiger partial charge in [0.2, 0.25) is 0 Å². The molecule has 0 aromatic heterocycles. The second-order valence-electron chi connectivity index (χ2n) is 3.76. The van der Waals surface area contributed by atoms with Gasteiger partial charge in [0, 0.05) is 10.9 Å². The predicted molar refractivity (Wildman–Crippen MR) is 69.5 cm³/mol. The maximum atomic E-state index is 3.38. The van der Waals surface area contributed by atoms with Crippen LogP contribution in [-0.2, 0) is 0 Å². The molecule has 1 N–H and O–H groups in total. The van der Waals surface area contributed by atoms with Crippen LogP contribution in [0.5, 0.6) is 0 Å². The minimum Gasteiger partial charge on any atom is -0.313 e. The largest absolute Gasteiger partial charge is 0.313 e. The number of thioether (sulfide) groups is 1. The van der Waals surface area contributed by atoms with E-state index in [1.807, 2.05) is 7.05 Å². The quantitative estimate of drug-likeness (QED) is 0.735. The molecule has 0 spiro atoms. The molecular formula is C13H21NS. The molecule has 1 aromatic carbocycles. The molecule has 0 heterocycles. The van der Waals surface area contributed by atoms with Crippen LogP contribution in [0.4, 0.5) is 0 Å². The van der Waals surface area contributed by atoms with Crippen LogP contribution < -0.4 is 5.32 Å². The number of nitrogens with one attached hydrogen (secondary N) is 1. The Morgan fingerprint density at radius 1 is 1.27 bits per heavy atom. The zero-order chi connectivity index (χ0) is 11.1. The Kier molecular flexibility index (Phi) is 5.81. The van der Waals surface area contributed by atoms with E-state index in [1.165, 1.54) is 29.7 Å². The fourth-order valence-corrected chi connectivity index (χ4v) is 2.13. The van der Waals surface area contributed by atoms with Crippen LogP contribution in [0, 0.1) is 0 Å². The first kappa shape index (κ1) is 12.6. The average molecular weight is 223 g/mol. The minimum absolute atomic E-state index is 0.515. The Balaban J connectivity index is 2.65. The van der Waals surface area contributed by atoms with E-state index in [4.69, 9.17) is 0 Å². The Morgan fingerprint density at radius 2 is 1.93 bits per heavy atom. The van der Waals surface area contributed by atoms with Crippen molar-refractivity contribution in [1.29, 1.82) is 0 Å². The van der Waals surface area contributed by atoms with Gasteiger partial charge in [0.1, 0.15) is 0 Å². The van der Waals surface area contributed by atoms with E-state index >= 15 is 0 Å². The average Bonchev–Trinajstić information content (AvgIpc) is 2.31. The van der Waals surface area contributed by atoms with Gasteiger partial charge in [-0.1, -0.05) is 31.9 Å². The molecule has 0 aliphatic carbocycles. The summed E-state index contributed by atoms with van der Waals surface area (Å²) in [5, 5.41) is 3.38. The Bertz CT molecular complexity index is 268. The molecule has 2 heteroatoms. The molecule has 0 radical (unpaired) electrons. The molecule has 1 rings (SSSR count). The first-order valence-corrected chi connectivity index (χ1v) is 6.85. The van der Waals surface area contributed by atoms with Crippen LogP contribution in [0.1, 0.15) is 37.8 Å². The molecule has 15 heavy (non-hydrogen) atoms. The standard InChI is InChI=1S/C13H21NS/c1-4-5-6-13(14-2)11-7-9-12(15-3)10-8-11/h7-10,13-14H,4-6H2,1-3H3. The van der Waals surface area contributed by atoms with Crippen molar-refractivity contribution in [1.82, 2.24) is 5.32 Å². The summed E-state index contributed by atoms with van der Waals surface area (Å²) in [5.74, 6) is 0. The molecule has 84 valence electrons. The summed E-state index contributed by atoms with van der Waals surface area (Å²) in [4.78, 5) is 1.34. The topological polar surface area (TPSA) is 12.0 Å². The number of rotatable bonds is 6. The molecular weight excluding hydrogens is 202 g/mol. The van der Waals surface area contributed by atoms with Crippen molar-refractivity contribution in [3.8, 4) is 0 Å². The van der Waals surface area contributed by atoms with Crippen LogP contribution in [0.3, 0.4) is 0 Å². The highest BCUT2D eigenvalue weighted by Gasteiger charge is 2.07. The summed E-state index contributed by atoms with van der Waals surface area (Å²) in [7, 11) is 2.04. The maximum Gasteiger partial charge on any atom is 0.0317 e. The van der Waals surface area contributed by atoms with Crippen molar-refractivity contribution in [2.75, 3.05) is 13.3 Å². The van der Waals surface area contributed by atoms with E-state index < -0.39 is 0 Å². The Labute approximate surface area is 97.7 Å². The number of hydrogen-bond acceptors (Lipinski definition) is 2. The number of unbranched alkanes of at least 4 members (excludes halogenated alkanes) is 1. The highest BCUT2D eigenvalue weighted by atomic mass is 32.2. The smallest absolute Gasteiger partial charge is 0.0317 e. The van der Waals surface area contributed by atoms with E-state index in [-0.39, 0.29) is 0 Å². The van der Waals surface area contributed by atoms with Crippen LogP contribution in [-0.4, -0.2) is 13.3 Å². The Hall–Kier alpha value is -0.470. The van der Waals surface area contributed by atoms with E-state index in [9.17, 15) is 0 Å². The van der Waals surface area contributed by atoms with Crippen molar-refractivity contribution >= 4 is 11.8 Å². The fraction of sp³-hybridized carbons (Fsp3) is 0.538. The summed E-state index contributed by atoms with van der Waals surface area (Å²) >= 11 is 1.79. The maximum absolute atomic E-state index is 3.38. The fourth-order valence-electron chi connectivity index (χ4n) is 1.72. The molecule has 0 saturated heterocycles. The summed E-state index contributed by atoms with van der Waals surface area (Å²) < 4.78 is 0. The third kappa shape index (κ3) is 3.88. The SMILES string of the molecule is CCCCC(NC)c1ccc(SC)cc1. The highest BCUT2D eigenvalue weighted by molar-refractivity contribution is 7.98. The van der Waals surface area contributed by atoms with Crippen molar-refractivity contribution < 1.29 is 0 Å². The molecule has 0 aliphatic rings. The van der Waals surface area contributed by atoms with Gasteiger partial charge in [0.15, 0.2) is 0 Å². The van der Waals surface area contributed by atoms with Gasteiger partial charge in [-0.05, 0) is 37.4 Å². The molecule has 1 atom stereocenters. The van der Waals surface area contributed by atoms with Gasteiger partial charge in [-0.25, -0.2) is 0 Å². The first-order valence-electron chi connectivity index (χ1n) is 5.63. The van der Waals surface area contributed by atoms with Crippen LogP contribution in [0.15, 0.2) is 29.2 Å². The van der Waals surface area contributed by atoms with Gasteiger partial charge < -0.3 is 5.32 Å². The molecule has 0 amide bonds. The normalized spacial score (nSPS) is 12.7. The van der Waals surface area contributed by atoms with Gasteiger partial charge in [-0.2, -0.15) is 0 Å². The number of hydrogen-bond donors (Lipinski definition) is 1. The van der Waals surface area contributed by atoms with E-state index in [0.29, 0.717) is 6.04 Å². The van der Waals surface area contributed by atoms with Crippen molar-refractivity contribution in [2.45, 2.75) is 37.1 Å².